The lowest BCUT2D eigenvalue weighted by Crippen LogP contribution is -2.47. The quantitative estimate of drug-likeness (QED) is 0.786. The molecule has 1 unspecified atom stereocenters. The first-order valence-corrected chi connectivity index (χ1v) is 9.49. The highest BCUT2D eigenvalue weighted by Gasteiger charge is 2.21. The van der Waals surface area contributed by atoms with Crippen LogP contribution >= 0.6 is 27.5 Å². The molecule has 1 aliphatic heterocycles. The maximum absolute atomic E-state index is 10.5. The standard InChI is InChI=1S/C19H22BrClN2O2/c1-25-19-7-6-14(12-15(19)20)18(24)13-22-8-10-23(11-9-22)17-5-3-2-4-16(17)21/h2-7,12,18,24H,8-11,13H2,1H3. The number of β-amino-alcohol motifs (C(OH)–C–C–N with tert-alkyl or cyclic N) is 1. The summed E-state index contributed by atoms with van der Waals surface area (Å²) in [5.74, 6) is 0.768. The van der Waals surface area contributed by atoms with Gasteiger partial charge in [-0.3, -0.25) is 4.90 Å². The number of ether oxygens (including phenoxy) is 1. The van der Waals surface area contributed by atoms with E-state index in [2.05, 4.69) is 31.8 Å². The molecule has 2 aromatic rings. The number of aliphatic hydroxyl groups is 1. The van der Waals surface area contributed by atoms with Crippen molar-refractivity contribution in [3.63, 3.8) is 0 Å². The SMILES string of the molecule is COc1ccc(C(O)CN2CCN(c3ccccc3Cl)CC2)cc1Br. The van der Waals surface area contributed by atoms with E-state index in [0.29, 0.717) is 6.54 Å². The van der Waals surface area contributed by atoms with E-state index in [4.69, 9.17) is 16.3 Å². The molecule has 0 amide bonds. The van der Waals surface area contributed by atoms with E-state index in [9.17, 15) is 5.11 Å². The molecule has 0 spiro atoms. The molecule has 1 aliphatic rings. The molecule has 1 atom stereocenters. The minimum Gasteiger partial charge on any atom is -0.496 e. The molecule has 3 rings (SSSR count). The second kappa shape index (κ2) is 8.41. The van der Waals surface area contributed by atoms with Crippen LogP contribution in [0.2, 0.25) is 5.02 Å². The fraction of sp³-hybridized carbons (Fsp3) is 0.368. The highest BCUT2D eigenvalue weighted by Crippen LogP contribution is 2.29. The number of aliphatic hydroxyl groups excluding tert-OH is 1. The Morgan fingerprint density at radius 3 is 2.52 bits per heavy atom. The van der Waals surface area contributed by atoms with Gasteiger partial charge in [0.25, 0.3) is 0 Å². The number of hydrogen-bond acceptors (Lipinski definition) is 4. The van der Waals surface area contributed by atoms with Crippen LogP contribution in [-0.4, -0.2) is 49.8 Å². The molecular formula is C19H22BrClN2O2. The fourth-order valence-electron chi connectivity index (χ4n) is 3.12. The normalized spacial score (nSPS) is 16.7. The van der Waals surface area contributed by atoms with Crippen molar-refractivity contribution >= 4 is 33.2 Å². The number of methoxy groups -OCH3 is 1. The smallest absolute Gasteiger partial charge is 0.133 e. The van der Waals surface area contributed by atoms with Crippen molar-refractivity contribution in [2.24, 2.45) is 0 Å². The molecule has 1 heterocycles. The average Bonchev–Trinajstić information content (AvgIpc) is 2.63. The Bertz CT molecular complexity index is 720. The first kappa shape index (κ1) is 18.5. The molecule has 0 aromatic heterocycles. The van der Waals surface area contributed by atoms with Gasteiger partial charge in [0.2, 0.25) is 0 Å². The molecule has 0 aliphatic carbocycles. The first-order chi connectivity index (χ1) is 12.1. The predicted octanol–water partition coefficient (Wildman–Crippen LogP) is 3.97. The van der Waals surface area contributed by atoms with Gasteiger partial charge in [-0.25, -0.2) is 0 Å². The highest BCUT2D eigenvalue weighted by molar-refractivity contribution is 9.10. The number of rotatable bonds is 5. The van der Waals surface area contributed by atoms with E-state index in [1.54, 1.807) is 7.11 Å². The monoisotopic (exact) mass is 424 g/mol. The molecule has 2 aromatic carbocycles. The molecule has 0 bridgehead atoms. The van der Waals surface area contributed by atoms with E-state index >= 15 is 0 Å². The zero-order valence-corrected chi connectivity index (χ0v) is 16.5. The molecule has 0 radical (unpaired) electrons. The van der Waals surface area contributed by atoms with Crippen molar-refractivity contribution in [2.75, 3.05) is 44.7 Å². The molecule has 1 saturated heterocycles. The van der Waals surface area contributed by atoms with E-state index in [-0.39, 0.29) is 0 Å². The van der Waals surface area contributed by atoms with E-state index < -0.39 is 6.10 Å². The van der Waals surface area contributed by atoms with Gasteiger partial charge in [0.15, 0.2) is 0 Å². The summed E-state index contributed by atoms with van der Waals surface area (Å²) in [5.41, 5.74) is 1.98. The van der Waals surface area contributed by atoms with Gasteiger partial charge in [0.05, 0.1) is 28.4 Å². The third-order valence-corrected chi connectivity index (χ3v) is 5.50. The van der Waals surface area contributed by atoms with Crippen LogP contribution in [0.25, 0.3) is 0 Å². The van der Waals surface area contributed by atoms with Crippen LogP contribution in [0.3, 0.4) is 0 Å². The molecule has 1 N–H and O–H groups in total. The molecule has 0 saturated carbocycles. The van der Waals surface area contributed by atoms with Crippen molar-refractivity contribution in [3.8, 4) is 5.75 Å². The Morgan fingerprint density at radius 2 is 1.88 bits per heavy atom. The zero-order valence-electron chi connectivity index (χ0n) is 14.2. The lowest BCUT2D eigenvalue weighted by molar-refractivity contribution is 0.109. The summed E-state index contributed by atoms with van der Waals surface area (Å²) in [6.07, 6.45) is -0.519. The number of anilines is 1. The maximum Gasteiger partial charge on any atom is 0.133 e. The van der Waals surface area contributed by atoms with E-state index in [1.807, 2.05) is 36.4 Å². The molecule has 1 fully saturated rings. The third kappa shape index (κ3) is 4.47. The van der Waals surface area contributed by atoms with Crippen molar-refractivity contribution < 1.29 is 9.84 Å². The van der Waals surface area contributed by atoms with Crippen molar-refractivity contribution in [3.05, 3.63) is 57.5 Å². The zero-order chi connectivity index (χ0) is 17.8. The second-order valence-corrected chi connectivity index (χ2v) is 7.41. The van der Waals surface area contributed by atoms with E-state index in [1.165, 1.54) is 0 Å². The number of nitrogens with zero attached hydrogens (tertiary/aromatic N) is 2. The number of para-hydroxylation sites is 1. The summed E-state index contributed by atoms with van der Waals surface area (Å²) in [5, 5.41) is 11.3. The number of hydrogen-bond donors (Lipinski definition) is 1. The van der Waals surface area contributed by atoms with Crippen molar-refractivity contribution in [1.82, 2.24) is 4.90 Å². The number of benzene rings is 2. The van der Waals surface area contributed by atoms with Gasteiger partial charge < -0.3 is 14.7 Å². The Kier molecular flexibility index (Phi) is 6.23. The Morgan fingerprint density at radius 1 is 1.16 bits per heavy atom. The summed E-state index contributed by atoms with van der Waals surface area (Å²) in [4.78, 5) is 4.59. The van der Waals surface area contributed by atoms with Crippen LogP contribution in [0.15, 0.2) is 46.9 Å². The van der Waals surface area contributed by atoms with Gasteiger partial charge in [0.1, 0.15) is 5.75 Å². The van der Waals surface area contributed by atoms with Gasteiger partial charge in [0, 0.05) is 32.7 Å². The van der Waals surface area contributed by atoms with Gasteiger partial charge in [-0.05, 0) is 45.8 Å². The second-order valence-electron chi connectivity index (χ2n) is 6.15. The third-order valence-electron chi connectivity index (χ3n) is 4.56. The van der Waals surface area contributed by atoms with Crippen LogP contribution in [0.1, 0.15) is 11.7 Å². The summed E-state index contributed by atoms with van der Waals surface area (Å²) in [7, 11) is 1.63. The van der Waals surface area contributed by atoms with Gasteiger partial charge >= 0.3 is 0 Å². The minimum atomic E-state index is -0.519. The number of halogens is 2. The molecule has 25 heavy (non-hydrogen) atoms. The lowest BCUT2D eigenvalue weighted by Gasteiger charge is -2.37. The van der Waals surface area contributed by atoms with E-state index in [0.717, 1.165) is 52.7 Å². The summed E-state index contributed by atoms with van der Waals surface area (Å²) in [6.45, 7) is 4.24. The summed E-state index contributed by atoms with van der Waals surface area (Å²) >= 11 is 9.76. The highest BCUT2D eigenvalue weighted by atomic mass is 79.9. The van der Waals surface area contributed by atoms with Gasteiger partial charge in [-0.15, -0.1) is 0 Å². The number of piperazine rings is 1. The topological polar surface area (TPSA) is 35.9 Å². The largest absolute Gasteiger partial charge is 0.496 e. The molecular weight excluding hydrogens is 404 g/mol. The van der Waals surface area contributed by atoms with Crippen LogP contribution in [0, 0.1) is 0 Å². The summed E-state index contributed by atoms with van der Waals surface area (Å²) < 4.78 is 6.09. The van der Waals surface area contributed by atoms with Crippen molar-refractivity contribution in [1.29, 1.82) is 0 Å². The average molecular weight is 426 g/mol. The lowest BCUT2D eigenvalue weighted by atomic mass is 10.1. The Hall–Kier alpha value is -1.27. The summed E-state index contributed by atoms with van der Waals surface area (Å²) in [6, 6.07) is 13.6. The Balaban J connectivity index is 1.57. The van der Waals surface area contributed by atoms with Gasteiger partial charge in [-0.1, -0.05) is 29.8 Å². The van der Waals surface area contributed by atoms with Crippen LogP contribution < -0.4 is 9.64 Å². The van der Waals surface area contributed by atoms with Crippen LogP contribution in [0.5, 0.6) is 5.75 Å². The van der Waals surface area contributed by atoms with Crippen LogP contribution in [0.4, 0.5) is 5.69 Å². The molecule has 134 valence electrons. The van der Waals surface area contributed by atoms with Gasteiger partial charge in [-0.2, -0.15) is 0 Å². The molecule has 6 heteroatoms. The first-order valence-electron chi connectivity index (χ1n) is 8.32. The molecule has 4 nitrogen and oxygen atoms in total. The van der Waals surface area contributed by atoms with Crippen LogP contribution in [-0.2, 0) is 0 Å². The Labute approximate surface area is 162 Å². The fourth-order valence-corrected chi connectivity index (χ4v) is 3.93. The predicted molar refractivity (Wildman–Crippen MR) is 106 cm³/mol. The van der Waals surface area contributed by atoms with Crippen molar-refractivity contribution in [2.45, 2.75) is 6.10 Å². The minimum absolute atomic E-state index is 0.519. The maximum atomic E-state index is 10.5.